The first kappa shape index (κ1) is 22.6. The monoisotopic (exact) mass is 437 g/mol. The molecule has 9 heteroatoms. The molecule has 0 unspecified atom stereocenters. The Balaban J connectivity index is 1.67. The van der Waals surface area contributed by atoms with E-state index < -0.39 is 12.8 Å². The number of carbonyl (C=O) groups excluding carboxylic acids is 1. The zero-order valence-electron chi connectivity index (χ0n) is 17.5. The Morgan fingerprint density at radius 2 is 1.84 bits per heavy atom. The number of carbonyl (C=O) groups is 1. The number of hydrogen-bond donors (Lipinski definition) is 1. The van der Waals surface area contributed by atoms with Crippen molar-refractivity contribution in [3.8, 4) is 11.5 Å². The first-order valence-electron chi connectivity index (χ1n) is 9.99. The van der Waals surface area contributed by atoms with Crippen molar-refractivity contribution in [2.24, 2.45) is 0 Å². The number of amides is 2. The van der Waals surface area contributed by atoms with Crippen molar-refractivity contribution >= 4 is 17.4 Å². The average Bonchev–Trinajstić information content (AvgIpc) is 3.27. The van der Waals surface area contributed by atoms with Crippen LogP contribution in [0.25, 0.3) is 0 Å². The molecule has 2 amide bonds. The number of urea groups is 1. The third kappa shape index (κ3) is 6.19. The van der Waals surface area contributed by atoms with Crippen molar-refractivity contribution in [1.82, 2.24) is 4.90 Å². The van der Waals surface area contributed by atoms with Gasteiger partial charge in [0, 0.05) is 44.1 Å². The van der Waals surface area contributed by atoms with Crippen molar-refractivity contribution in [3.05, 3.63) is 48.0 Å². The van der Waals surface area contributed by atoms with E-state index in [1.807, 2.05) is 18.2 Å². The number of rotatable bonds is 7. The second-order valence-corrected chi connectivity index (χ2v) is 7.38. The molecule has 0 saturated carbocycles. The number of nitrogens with zero attached hydrogens (tertiary/aromatic N) is 2. The van der Waals surface area contributed by atoms with Crippen molar-refractivity contribution in [2.45, 2.75) is 25.6 Å². The lowest BCUT2D eigenvalue weighted by molar-refractivity contribution is -0.153. The van der Waals surface area contributed by atoms with E-state index in [-0.39, 0.29) is 17.5 Å². The number of ether oxygens (including phenoxy) is 2. The number of anilines is 2. The summed E-state index contributed by atoms with van der Waals surface area (Å²) >= 11 is 0. The van der Waals surface area contributed by atoms with Crippen LogP contribution in [0.15, 0.2) is 42.5 Å². The number of methoxy groups -OCH3 is 1. The third-order valence-electron chi connectivity index (χ3n) is 5.00. The zero-order chi connectivity index (χ0) is 22.4. The highest BCUT2D eigenvalue weighted by Gasteiger charge is 2.29. The summed E-state index contributed by atoms with van der Waals surface area (Å²) in [6, 6.07) is 11.9. The molecule has 1 fully saturated rings. The molecule has 0 bridgehead atoms. The van der Waals surface area contributed by atoms with E-state index in [0.717, 1.165) is 37.2 Å². The Kier molecular flexibility index (Phi) is 7.14. The summed E-state index contributed by atoms with van der Waals surface area (Å²) in [7, 11) is 3.00. The number of para-hydroxylation sites is 1. The Labute approximate surface area is 179 Å². The van der Waals surface area contributed by atoms with Gasteiger partial charge in [0.05, 0.1) is 7.11 Å². The first-order chi connectivity index (χ1) is 14.8. The maximum absolute atomic E-state index is 12.7. The molecule has 0 atom stereocenters. The summed E-state index contributed by atoms with van der Waals surface area (Å²) < 4.78 is 47.4. The summed E-state index contributed by atoms with van der Waals surface area (Å²) in [5, 5.41) is 2.70. The minimum absolute atomic E-state index is 0.0975. The second kappa shape index (κ2) is 9.80. The van der Waals surface area contributed by atoms with Gasteiger partial charge in [-0.15, -0.1) is 0 Å². The van der Waals surface area contributed by atoms with Crippen molar-refractivity contribution in [3.63, 3.8) is 0 Å². The van der Waals surface area contributed by atoms with Crippen molar-refractivity contribution in [2.75, 3.05) is 44.1 Å². The molecule has 1 N–H and O–H groups in total. The summed E-state index contributed by atoms with van der Waals surface area (Å²) in [6.07, 6.45) is -2.17. The molecular formula is C22H26F3N3O3. The van der Waals surface area contributed by atoms with E-state index in [0.29, 0.717) is 12.2 Å². The van der Waals surface area contributed by atoms with E-state index in [2.05, 4.69) is 16.3 Å². The van der Waals surface area contributed by atoms with Crippen LogP contribution in [0.5, 0.6) is 11.5 Å². The first-order valence-corrected chi connectivity index (χ1v) is 9.99. The minimum Gasteiger partial charge on any atom is -0.493 e. The SMILES string of the molecule is COc1ccc(NC(=O)N(C)Cc2ccccc2N2CCCC2)cc1OCC(F)(F)F. The van der Waals surface area contributed by atoms with Crippen molar-refractivity contribution in [1.29, 1.82) is 0 Å². The Bertz CT molecular complexity index is 899. The summed E-state index contributed by atoms with van der Waals surface area (Å²) in [6.45, 7) is 0.943. The smallest absolute Gasteiger partial charge is 0.422 e. The summed E-state index contributed by atoms with van der Waals surface area (Å²) in [4.78, 5) is 16.5. The minimum atomic E-state index is -4.48. The topological polar surface area (TPSA) is 54.0 Å². The van der Waals surface area contributed by atoms with Crippen LogP contribution in [0.4, 0.5) is 29.3 Å². The number of halogens is 3. The second-order valence-electron chi connectivity index (χ2n) is 7.38. The molecule has 1 aliphatic rings. The molecule has 1 heterocycles. The van der Waals surface area contributed by atoms with Gasteiger partial charge < -0.3 is 24.6 Å². The van der Waals surface area contributed by atoms with Crippen LogP contribution in [-0.4, -0.2) is 51.0 Å². The molecule has 1 saturated heterocycles. The predicted octanol–water partition coefficient (Wildman–Crippen LogP) is 4.90. The number of alkyl halides is 3. The molecule has 168 valence electrons. The third-order valence-corrected chi connectivity index (χ3v) is 5.00. The molecule has 31 heavy (non-hydrogen) atoms. The maximum Gasteiger partial charge on any atom is 0.422 e. The molecule has 2 aromatic rings. The Morgan fingerprint density at radius 3 is 2.52 bits per heavy atom. The van der Waals surface area contributed by atoms with E-state index >= 15 is 0 Å². The van der Waals surface area contributed by atoms with Crippen LogP contribution < -0.4 is 19.7 Å². The van der Waals surface area contributed by atoms with Gasteiger partial charge >= 0.3 is 12.2 Å². The van der Waals surface area contributed by atoms with Crippen LogP contribution in [0.1, 0.15) is 18.4 Å². The van der Waals surface area contributed by atoms with Gasteiger partial charge in [0.1, 0.15) is 0 Å². The standard InChI is InChI=1S/C22H26F3N3O3/c1-27(14-16-7-3-4-8-18(16)28-11-5-6-12-28)21(29)26-17-9-10-19(30-2)20(13-17)31-15-22(23,24)25/h3-4,7-10,13H,5-6,11-12,14-15H2,1-2H3,(H,26,29). The van der Waals surface area contributed by atoms with Gasteiger partial charge in [-0.05, 0) is 36.6 Å². The van der Waals surface area contributed by atoms with Crippen molar-refractivity contribution < 1.29 is 27.4 Å². The molecular weight excluding hydrogens is 411 g/mol. The van der Waals surface area contributed by atoms with E-state index in [9.17, 15) is 18.0 Å². The lowest BCUT2D eigenvalue weighted by Gasteiger charge is -2.24. The van der Waals surface area contributed by atoms with Gasteiger partial charge in [0.15, 0.2) is 18.1 Å². The average molecular weight is 437 g/mol. The highest BCUT2D eigenvalue weighted by molar-refractivity contribution is 5.89. The van der Waals surface area contributed by atoms with Gasteiger partial charge in [0.25, 0.3) is 0 Å². The normalized spacial score (nSPS) is 13.8. The zero-order valence-corrected chi connectivity index (χ0v) is 17.5. The van der Waals surface area contributed by atoms with Gasteiger partial charge in [-0.25, -0.2) is 4.79 Å². The van der Waals surface area contributed by atoms with Crippen LogP contribution in [0.3, 0.4) is 0 Å². The Hall–Kier alpha value is -3.10. The maximum atomic E-state index is 12.7. The molecule has 6 nitrogen and oxygen atoms in total. The van der Waals surface area contributed by atoms with E-state index in [1.165, 1.54) is 24.1 Å². The van der Waals surface area contributed by atoms with Gasteiger partial charge in [-0.3, -0.25) is 0 Å². The van der Waals surface area contributed by atoms with Crippen LogP contribution in [0, 0.1) is 0 Å². The molecule has 0 aliphatic carbocycles. The molecule has 3 rings (SSSR count). The quantitative estimate of drug-likeness (QED) is 0.670. The lowest BCUT2D eigenvalue weighted by Crippen LogP contribution is -2.31. The fourth-order valence-corrected chi connectivity index (χ4v) is 3.48. The molecule has 1 aliphatic heterocycles. The molecule has 0 aromatic heterocycles. The molecule has 2 aromatic carbocycles. The van der Waals surface area contributed by atoms with E-state index in [1.54, 1.807) is 13.1 Å². The highest BCUT2D eigenvalue weighted by Crippen LogP contribution is 2.32. The molecule has 0 radical (unpaired) electrons. The van der Waals surface area contributed by atoms with E-state index in [4.69, 9.17) is 9.47 Å². The van der Waals surface area contributed by atoms with Gasteiger partial charge in [-0.1, -0.05) is 18.2 Å². The highest BCUT2D eigenvalue weighted by atomic mass is 19.4. The number of nitrogens with one attached hydrogen (secondary N) is 1. The lowest BCUT2D eigenvalue weighted by atomic mass is 10.1. The number of hydrogen-bond acceptors (Lipinski definition) is 4. The summed E-state index contributed by atoms with van der Waals surface area (Å²) in [5.74, 6) is 0.0507. The molecule has 0 spiro atoms. The Morgan fingerprint density at radius 1 is 1.13 bits per heavy atom. The number of benzene rings is 2. The van der Waals surface area contributed by atoms with Gasteiger partial charge in [-0.2, -0.15) is 13.2 Å². The fourth-order valence-electron chi connectivity index (χ4n) is 3.48. The summed E-state index contributed by atoms with van der Waals surface area (Å²) in [5.41, 5.74) is 2.46. The fraction of sp³-hybridized carbons (Fsp3) is 0.409. The van der Waals surface area contributed by atoms with Crippen LogP contribution >= 0.6 is 0 Å². The van der Waals surface area contributed by atoms with Crippen LogP contribution in [0.2, 0.25) is 0 Å². The largest absolute Gasteiger partial charge is 0.493 e. The van der Waals surface area contributed by atoms with Crippen LogP contribution in [-0.2, 0) is 6.54 Å². The predicted molar refractivity (Wildman–Crippen MR) is 113 cm³/mol. The van der Waals surface area contributed by atoms with Gasteiger partial charge in [0.2, 0.25) is 0 Å².